The van der Waals surface area contributed by atoms with Crippen LogP contribution in [0.3, 0.4) is 0 Å². The average Bonchev–Trinajstić information content (AvgIpc) is 3.76. The SMILES string of the molecule is c1ccc2c(c1)-c1cc(-n3c4ccccc4c4ccc(-c5ccc6sc7ccccc7c6c5)cc43)ccc1C21C2CC3CC(C2)CC1C3. The van der Waals surface area contributed by atoms with E-state index in [1.807, 2.05) is 11.3 Å². The van der Waals surface area contributed by atoms with E-state index in [-0.39, 0.29) is 5.41 Å². The van der Waals surface area contributed by atoms with Crippen LogP contribution in [0.2, 0.25) is 0 Å². The van der Waals surface area contributed by atoms with Gasteiger partial charge in [-0.05, 0) is 132 Å². The fraction of sp³-hybridized carbons (Fsp3) is 0.217. The third-order valence-corrected chi connectivity index (χ3v) is 14.3. The molecule has 0 saturated heterocycles. The fourth-order valence-electron chi connectivity index (χ4n) is 11.6. The Morgan fingerprint density at radius 3 is 2.02 bits per heavy atom. The molecule has 5 aliphatic carbocycles. The highest BCUT2D eigenvalue weighted by molar-refractivity contribution is 7.25. The molecule has 0 N–H and O–H groups in total. The highest BCUT2D eigenvalue weighted by Gasteiger charge is 2.61. The van der Waals surface area contributed by atoms with Gasteiger partial charge in [-0.25, -0.2) is 0 Å². The zero-order chi connectivity index (χ0) is 31.1. The minimum Gasteiger partial charge on any atom is -0.309 e. The number of nitrogens with zero attached hydrogens (tertiary/aromatic N) is 1. The first-order valence-electron chi connectivity index (χ1n) is 17.9. The summed E-state index contributed by atoms with van der Waals surface area (Å²) in [5, 5.41) is 5.33. The highest BCUT2D eigenvalue weighted by Crippen LogP contribution is 2.69. The van der Waals surface area contributed by atoms with Gasteiger partial charge in [0.25, 0.3) is 0 Å². The lowest BCUT2D eigenvalue weighted by molar-refractivity contribution is -0.0399. The maximum absolute atomic E-state index is 2.56. The van der Waals surface area contributed by atoms with Crippen LogP contribution in [0.5, 0.6) is 0 Å². The van der Waals surface area contributed by atoms with Crippen LogP contribution >= 0.6 is 11.3 Å². The van der Waals surface area contributed by atoms with Crippen molar-refractivity contribution in [3.63, 3.8) is 0 Å². The van der Waals surface area contributed by atoms with Gasteiger partial charge >= 0.3 is 0 Å². The molecular formula is C46H35NS. The Morgan fingerprint density at radius 2 is 1.15 bits per heavy atom. The minimum atomic E-state index is 0.205. The molecule has 6 aromatic carbocycles. The lowest BCUT2D eigenvalue weighted by atomic mass is 9.43. The van der Waals surface area contributed by atoms with Crippen molar-refractivity contribution in [1.82, 2.24) is 4.57 Å². The Kier molecular flexibility index (Phi) is 5.08. The van der Waals surface area contributed by atoms with Crippen LogP contribution in [0.25, 0.3) is 69.9 Å². The van der Waals surface area contributed by atoms with Gasteiger partial charge in [-0.3, -0.25) is 0 Å². The van der Waals surface area contributed by atoms with Crippen molar-refractivity contribution in [1.29, 1.82) is 0 Å². The van der Waals surface area contributed by atoms with E-state index in [2.05, 4.69) is 132 Å². The fourth-order valence-corrected chi connectivity index (χ4v) is 12.7. The summed E-state index contributed by atoms with van der Waals surface area (Å²) in [5.41, 5.74) is 12.8. The van der Waals surface area contributed by atoms with Crippen molar-refractivity contribution in [2.75, 3.05) is 0 Å². The van der Waals surface area contributed by atoms with Gasteiger partial charge in [0.2, 0.25) is 0 Å². The minimum absolute atomic E-state index is 0.205. The van der Waals surface area contributed by atoms with Crippen LogP contribution in [0.4, 0.5) is 0 Å². The van der Waals surface area contributed by atoms with Crippen LogP contribution in [0.15, 0.2) is 127 Å². The first-order chi connectivity index (χ1) is 23.7. The largest absolute Gasteiger partial charge is 0.309 e. The molecule has 2 heteroatoms. The number of fused-ring (bicyclic) bond motifs is 9. The monoisotopic (exact) mass is 633 g/mol. The summed E-state index contributed by atoms with van der Waals surface area (Å²) in [5.74, 6) is 3.49. The second-order valence-electron chi connectivity index (χ2n) is 15.3. The topological polar surface area (TPSA) is 4.93 Å². The van der Waals surface area contributed by atoms with Crippen LogP contribution in [-0.2, 0) is 5.41 Å². The van der Waals surface area contributed by atoms with Gasteiger partial charge in [-0.1, -0.05) is 84.9 Å². The Morgan fingerprint density at radius 1 is 0.479 bits per heavy atom. The maximum atomic E-state index is 2.56. The molecule has 4 saturated carbocycles. The van der Waals surface area contributed by atoms with Crippen molar-refractivity contribution in [3.8, 4) is 27.9 Å². The van der Waals surface area contributed by atoms with Crippen molar-refractivity contribution in [2.24, 2.45) is 23.7 Å². The van der Waals surface area contributed by atoms with E-state index < -0.39 is 0 Å². The number of thiophene rings is 1. The first-order valence-corrected chi connectivity index (χ1v) is 18.8. The second-order valence-corrected chi connectivity index (χ2v) is 16.4. The van der Waals surface area contributed by atoms with E-state index >= 15 is 0 Å². The lowest BCUT2D eigenvalue weighted by Crippen LogP contribution is -2.55. The number of benzene rings is 6. The molecule has 4 fully saturated rings. The lowest BCUT2D eigenvalue weighted by Gasteiger charge is -2.61. The molecule has 4 bridgehead atoms. The zero-order valence-corrected chi connectivity index (χ0v) is 27.6. The Bertz CT molecular complexity index is 2620. The van der Waals surface area contributed by atoms with E-state index in [0.29, 0.717) is 0 Å². The van der Waals surface area contributed by atoms with Crippen LogP contribution in [0.1, 0.15) is 43.2 Å². The molecule has 0 unspecified atom stereocenters. The molecule has 2 aromatic heterocycles. The molecule has 0 aliphatic heterocycles. The Labute approximate surface area is 284 Å². The van der Waals surface area contributed by atoms with Gasteiger partial charge in [-0.15, -0.1) is 11.3 Å². The van der Waals surface area contributed by atoms with Crippen LogP contribution in [-0.4, -0.2) is 4.57 Å². The van der Waals surface area contributed by atoms with Crippen molar-refractivity contribution in [3.05, 3.63) is 139 Å². The van der Waals surface area contributed by atoms with Crippen LogP contribution in [0, 0.1) is 23.7 Å². The Balaban J connectivity index is 1.07. The van der Waals surface area contributed by atoms with E-state index in [0.717, 1.165) is 23.7 Å². The van der Waals surface area contributed by atoms with Crippen molar-refractivity contribution >= 4 is 53.3 Å². The molecule has 0 amide bonds. The van der Waals surface area contributed by atoms with Gasteiger partial charge in [0, 0.05) is 42.0 Å². The summed E-state index contributed by atoms with van der Waals surface area (Å²) in [4.78, 5) is 0. The predicted molar refractivity (Wildman–Crippen MR) is 202 cm³/mol. The van der Waals surface area contributed by atoms with Crippen molar-refractivity contribution < 1.29 is 0 Å². The van der Waals surface area contributed by atoms with Gasteiger partial charge in [0.05, 0.1) is 11.0 Å². The standard InChI is InChI=1S/C46H35NS/c1-4-10-40-34(7-1)38-26-33(15-17-41(38)46(40)31-20-27-19-28(22-31)23-32(46)21-27)47-42-11-5-2-8-35(42)36-16-13-30(25-43(36)47)29-14-18-45-39(24-29)37-9-3-6-12-44(37)48-45/h1-18,24-28,31-32H,19-23H2. The molecule has 1 nitrogen and oxygen atoms in total. The molecule has 13 rings (SSSR count). The number of hydrogen-bond donors (Lipinski definition) is 0. The predicted octanol–water partition coefficient (Wildman–Crippen LogP) is 12.5. The number of aromatic nitrogens is 1. The molecule has 5 aliphatic rings. The summed E-state index contributed by atoms with van der Waals surface area (Å²) in [6.45, 7) is 0. The number of rotatable bonds is 2. The Hall–Kier alpha value is -4.66. The van der Waals surface area contributed by atoms with E-state index in [1.165, 1.54) is 102 Å². The molecule has 2 heterocycles. The second kappa shape index (κ2) is 9.27. The molecule has 0 radical (unpaired) electrons. The number of para-hydroxylation sites is 1. The first kappa shape index (κ1) is 26.3. The molecule has 1 spiro atoms. The average molecular weight is 634 g/mol. The molecule has 48 heavy (non-hydrogen) atoms. The molecule has 0 atom stereocenters. The van der Waals surface area contributed by atoms with Gasteiger partial charge in [-0.2, -0.15) is 0 Å². The van der Waals surface area contributed by atoms with E-state index in [4.69, 9.17) is 0 Å². The summed E-state index contributed by atoms with van der Waals surface area (Å²) >= 11 is 1.89. The zero-order valence-electron chi connectivity index (χ0n) is 26.8. The van der Waals surface area contributed by atoms with Gasteiger partial charge in [0.1, 0.15) is 0 Å². The van der Waals surface area contributed by atoms with Gasteiger partial charge in [0.15, 0.2) is 0 Å². The quantitative estimate of drug-likeness (QED) is 0.178. The maximum Gasteiger partial charge on any atom is 0.0547 e. The van der Waals surface area contributed by atoms with Crippen molar-refractivity contribution in [2.45, 2.75) is 37.5 Å². The molecule has 230 valence electrons. The van der Waals surface area contributed by atoms with Crippen LogP contribution < -0.4 is 0 Å². The normalized spacial score (nSPS) is 25.2. The van der Waals surface area contributed by atoms with Gasteiger partial charge < -0.3 is 4.57 Å². The summed E-state index contributed by atoms with van der Waals surface area (Å²) in [7, 11) is 0. The smallest absolute Gasteiger partial charge is 0.0547 e. The third-order valence-electron chi connectivity index (χ3n) is 13.2. The summed E-state index contributed by atoms with van der Waals surface area (Å²) in [6, 6.07) is 49.0. The van der Waals surface area contributed by atoms with E-state index in [1.54, 1.807) is 11.1 Å². The summed E-state index contributed by atoms with van der Waals surface area (Å²) < 4.78 is 5.25. The van der Waals surface area contributed by atoms with E-state index in [9.17, 15) is 0 Å². The highest BCUT2D eigenvalue weighted by atomic mass is 32.1. The molecular weight excluding hydrogens is 599 g/mol. The molecule has 8 aromatic rings. The third kappa shape index (κ3) is 3.27. The number of hydrogen-bond acceptors (Lipinski definition) is 1. The summed E-state index contributed by atoms with van der Waals surface area (Å²) in [6.07, 6.45) is 7.18.